The van der Waals surface area contributed by atoms with Crippen molar-refractivity contribution in [2.24, 2.45) is 0 Å². The number of aromatic nitrogens is 1. The Morgan fingerprint density at radius 1 is 1.29 bits per heavy atom. The summed E-state index contributed by atoms with van der Waals surface area (Å²) in [4.78, 5) is 22.5. The molecule has 1 aromatic carbocycles. The summed E-state index contributed by atoms with van der Waals surface area (Å²) in [5.74, 6) is 0.340. The molecule has 5 heteroatoms. The second kappa shape index (κ2) is 4.29. The minimum Gasteiger partial charge on any atom is -0.497 e. The number of carbonyl (C=O) groups excluding carboxylic acids is 2. The molecule has 0 saturated heterocycles. The monoisotopic (exact) mass is 232 g/mol. The van der Waals surface area contributed by atoms with E-state index in [-0.39, 0.29) is 5.91 Å². The number of imide groups is 1. The first kappa shape index (κ1) is 11.2. The Kier molecular flexibility index (Phi) is 2.82. The molecule has 2 rings (SSSR count). The lowest BCUT2D eigenvalue weighted by molar-refractivity contribution is -0.117. The standard InChI is InChI=1S/C12H12N2O3/c1-8(15)13-12(16)14-6-5-9-7-10(17-2)3-4-11(9)14/h3-7H,1-2H3,(H,13,15,16). The maximum atomic E-state index is 11.7. The van der Waals surface area contributed by atoms with Gasteiger partial charge in [-0.3, -0.25) is 14.7 Å². The van der Waals surface area contributed by atoms with Crippen LogP contribution in [0.1, 0.15) is 6.92 Å². The van der Waals surface area contributed by atoms with Crippen molar-refractivity contribution >= 4 is 22.8 Å². The van der Waals surface area contributed by atoms with Gasteiger partial charge in [-0.15, -0.1) is 0 Å². The van der Waals surface area contributed by atoms with Crippen LogP contribution >= 0.6 is 0 Å². The van der Waals surface area contributed by atoms with Crippen LogP contribution in [0.4, 0.5) is 4.79 Å². The van der Waals surface area contributed by atoms with Crippen molar-refractivity contribution in [1.82, 2.24) is 9.88 Å². The van der Waals surface area contributed by atoms with Crippen LogP contribution in [0.5, 0.6) is 5.75 Å². The Bertz CT molecular complexity index is 586. The van der Waals surface area contributed by atoms with E-state index < -0.39 is 6.03 Å². The molecule has 5 nitrogen and oxygen atoms in total. The van der Waals surface area contributed by atoms with Gasteiger partial charge in [0, 0.05) is 18.5 Å². The summed E-state index contributed by atoms with van der Waals surface area (Å²) < 4.78 is 6.48. The van der Waals surface area contributed by atoms with Gasteiger partial charge < -0.3 is 4.74 Å². The Morgan fingerprint density at radius 3 is 2.71 bits per heavy atom. The third-order valence-electron chi connectivity index (χ3n) is 2.40. The molecule has 1 aromatic heterocycles. The highest BCUT2D eigenvalue weighted by molar-refractivity contribution is 5.99. The molecule has 0 unspecified atom stereocenters. The zero-order valence-corrected chi connectivity index (χ0v) is 9.56. The molecule has 1 heterocycles. The van der Waals surface area contributed by atoms with Gasteiger partial charge in [0.1, 0.15) is 5.75 Å². The number of ether oxygens (including phenoxy) is 1. The molecule has 0 fully saturated rings. The van der Waals surface area contributed by atoms with Crippen LogP contribution in [0.15, 0.2) is 30.5 Å². The van der Waals surface area contributed by atoms with Crippen LogP contribution in [0.2, 0.25) is 0 Å². The predicted octanol–water partition coefficient (Wildman–Crippen LogP) is 1.75. The predicted molar refractivity (Wildman–Crippen MR) is 63.1 cm³/mol. The van der Waals surface area contributed by atoms with Gasteiger partial charge in [0.2, 0.25) is 5.91 Å². The maximum absolute atomic E-state index is 11.7. The number of benzene rings is 1. The smallest absolute Gasteiger partial charge is 0.332 e. The molecule has 0 aliphatic rings. The fourth-order valence-electron chi connectivity index (χ4n) is 1.64. The molecule has 0 atom stereocenters. The van der Waals surface area contributed by atoms with Crippen LogP contribution < -0.4 is 10.1 Å². The summed E-state index contributed by atoms with van der Waals surface area (Å²) in [5, 5.41) is 3.10. The number of methoxy groups -OCH3 is 1. The van der Waals surface area contributed by atoms with Crippen LogP contribution in [0, 0.1) is 0 Å². The lowest BCUT2D eigenvalue weighted by Gasteiger charge is -2.04. The van der Waals surface area contributed by atoms with Crippen LogP contribution in [0.25, 0.3) is 10.9 Å². The molecule has 0 aliphatic heterocycles. The quantitative estimate of drug-likeness (QED) is 0.814. The third kappa shape index (κ3) is 2.13. The lowest BCUT2D eigenvalue weighted by atomic mass is 10.2. The number of hydrogen-bond acceptors (Lipinski definition) is 3. The van der Waals surface area contributed by atoms with E-state index >= 15 is 0 Å². The summed E-state index contributed by atoms with van der Waals surface area (Å²) >= 11 is 0. The first-order valence-corrected chi connectivity index (χ1v) is 5.09. The molecule has 2 aromatic rings. The van der Waals surface area contributed by atoms with Crippen molar-refractivity contribution in [3.63, 3.8) is 0 Å². The van der Waals surface area contributed by atoms with Gasteiger partial charge in [-0.2, -0.15) is 0 Å². The van der Waals surface area contributed by atoms with Crippen molar-refractivity contribution in [1.29, 1.82) is 0 Å². The first-order valence-electron chi connectivity index (χ1n) is 5.09. The van der Waals surface area contributed by atoms with E-state index in [1.807, 2.05) is 6.07 Å². The van der Waals surface area contributed by atoms with Gasteiger partial charge in [0.05, 0.1) is 12.6 Å². The topological polar surface area (TPSA) is 60.3 Å². The number of nitrogens with one attached hydrogen (secondary N) is 1. The lowest BCUT2D eigenvalue weighted by Crippen LogP contribution is -2.31. The molecule has 2 amide bonds. The number of fused-ring (bicyclic) bond motifs is 1. The highest BCUT2D eigenvalue weighted by atomic mass is 16.5. The Labute approximate surface area is 98.0 Å². The van der Waals surface area contributed by atoms with E-state index in [0.29, 0.717) is 0 Å². The van der Waals surface area contributed by atoms with Crippen molar-refractivity contribution in [3.05, 3.63) is 30.5 Å². The molecule has 0 aliphatic carbocycles. The second-order valence-electron chi connectivity index (χ2n) is 3.60. The number of rotatable bonds is 1. The summed E-state index contributed by atoms with van der Waals surface area (Å²) in [6, 6.07) is 6.69. The van der Waals surface area contributed by atoms with E-state index in [1.165, 1.54) is 11.5 Å². The molecule has 0 spiro atoms. The average molecular weight is 232 g/mol. The molecule has 0 bridgehead atoms. The zero-order valence-electron chi connectivity index (χ0n) is 9.56. The van der Waals surface area contributed by atoms with Gasteiger partial charge in [0.25, 0.3) is 0 Å². The summed E-state index contributed by atoms with van der Waals surface area (Å²) in [7, 11) is 1.58. The zero-order chi connectivity index (χ0) is 12.4. The van der Waals surface area contributed by atoms with E-state index in [1.54, 1.807) is 31.5 Å². The van der Waals surface area contributed by atoms with Crippen LogP contribution in [-0.4, -0.2) is 23.6 Å². The molecular weight excluding hydrogens is 220 g/mol. The summed E-state index contributed by atoms with van der Waals surface area (Å²) in [6.07, 6.45) is 1.61. The highest BCUT2D eigenvalue weighted by Crippen LogP contribution is 2.21. The minimum absolute atomic E-state index is 0.384. The first-order chi connectivity index (χ1) is 8.11. The summed E-state index contributed by atoms with van der Waals surface area (Å²) in [5.41, 5.74) is 0.726. The van der Waals surface area contributed by atoms with Crippen molar-refractivity contribution in [2.75, 3.05) is 7.11 Å². The number of nitrogens with zero attached hydrogens (tertiary/aromatic N) is 1. The highest BCUT2D eigenvalue weighted by Gasteiger charge is 2.10. The van der Waals surface area contributed by atoms with Gasteiger partial charge in [-0.25, -0.2) is 4.79 Å². The van der Waals surface area contributed by atoms with E-state index in [0.717, 1.165) is 16.7 Å². The Morgan fingerprint density at radius 2 is 2.06 bits per heavy atom. The van der Waals surface area contributed by atoms with E-state index in [2.05, 4.69) is 5.32 Å². The number of carbonyl (C=O) groups is 2. The van der Waals surface area contributed by atoms with Gasteiger partial charge >= 0.3 is 6.03 Å². The van der Waals surface area contributed by atoms with Gasteiger partial charge in [0.15, 0.2) is 0 Å². The van der Waals surface area contributed by atoms with Crippen molar-refractivity contribution < 1.29 is 14.3 Å². The van der Waals surface area contributed by atoms with Crippen molar-refractivity contribution in [3.8, 4) is 5.75 Å². The van der Waals surface area contributed by atoms with E-state index in [4.69, 9.17) is 4.74 Å². The second-order valence-corrected chi connectivity index (χ2v) is 3.60. The fourth-order valence-corrected chi connectivity index (χ4v) is 1.64. The maximum Gasteiger partial charge on any atom is 0.332 e. The number of amides is 2. The van der Waals surface area contributed by atoms with Crippen LogP contribution in [0.3, 0.4) is 0 Å². The molecular formula is C12H12N2O3. The van der Waals surface area contributed by atoms with Crippen molar-refractivity contribution in [2.45, 2.75) is 6.92 Å². The van der Waals surface area contributed by atoms with Crippen LogP contribution in [-0.2, 0) is 4.79 Å². The van der Waals surface area contributed by atoms with E-state index in [9.17, 15) is 9.59 Å². The SMILES string of the molecule is COc1ccc2c(ccn2C(=O)NC(C)=O)c1. The Balaban J connectivity index is 2.43. The number of hydrogen-bond donors (Lipinski definition) is 1. The van der Waals surface area contributed by atoms with Gasteiger partial charge in [-0.05, 0) is 24.3 Å². The molecule has 17 heavy (non-hydrogen) atoms. The largest absolute Gasteiger partial charge is 0.497 e. The van der Waals surface area contributed by atoms with Gasteiger partial charge in [-0.1, -0.05) is 0 Å². The third-order valence-corrected chi connectivity index (χ3v) is 2.40. The fraction of sp³-hybridized carbons (Fsp3) is 0.167. The molecule has 88 valence electrons. The molecule has 0 radical (unpaired) electrons. The Hall–Kier alpha value is -2.30. The molecule has 1 N–H and O–H groups in total. The molecule has 0 saturated carbocycles. The normalized spacial score (nSPS) is 10.2. The summed E-state index contributed by atoms with van der Waals surface area (Å²) in [6.45, 7) is 1.30. The minimum atomic E-state index is -0.460. The average Bonchev–Trinajstić information content (AvgIpc) is 2.70.